The van der Waals surface area contributed by atoms with E-state index >= 15 is 0 Å². The normalized spacial score (nSPS) is 11.5. The maximum Gasteiger partial charge on any atom is 0.328 e. The number of amides is 1. The van der Waals surface area contributed by atoms with Crippen molar-refractivity contribution in [3.05, 3.63) is 87.7 Å². The van der Waals surface area contributed by atoms with Crippen LogP contribution >= 0.6 is 0 Å². The smallest absolute Gasteiger partial charge is 0.328 e. The average Bonchev–Trinajstić information content (AvgIpc) is 2.71. The summed E-state index contributed by atoms with van der Waals surface area (Å²) in [4.78, 5) is 49.3. The van der Waals surface area contributed by atoms with Crippen molar-refractivity contribution in [2.24, 2.45) is 0 Å². The first kappa shape index (κ1) is 19.8. The second-order valence-corrected chi connectivity index (χ2v) is 6.27. The number of H-pyrrole nitrogens is 1. The van der Waals surface area contributed by atoms with Gasteiger partial charge in [0.2, 0.25) is 0 Å². The average molecular weight is 393 g/mol. The molecule has 3 aromatic rings. The Hall–Kier alpha value is -3.94. The van der Waals surface area contributed by atoms with Gasteiger partial charge in [0.25, 0.3) is 11.5 Å². The standard InChI is InChI=1S/C21H19N3O5/c1-14(29-19(26)13-24-12-11-18(25)23-21(24)28)20(27)22-17-10-6-5-9-16(17)15-7-3-2-4-8-15/h2-12,14H,13H2,1H3,(H,22,27)(H,23,25,28)/t14-/m1/s1. The Kier molecular flexibility index (Phi) is 6.03. The van der Waals surface area contributed by atoms with E-state index in [4.69, 9.17) is 4.74 Å². The van der Waals surface area contributed by atoms with Crippen LogP contribution in [0.2, 0.25) is 0 Å². The minimum absolute atomic E-state index is 0.423. The molecule has 1 amide bonds. The number of benzene rings is 2. The van der Waals surface area contributed by atoms with Crippen LogP contribution in [0.5, 0.6) is 0 Å². The highest BCUT2D eigenvalue weighted by Crippen LogP contribution is 2.27. The van der Waals surface area contributed by atoms with Crippen LogP contribution in [-0.4, -0.2) is 27.5 Å². The van der Waals surface area contributed by atoms with Gasteiger partial charge in [0.1, 0.15) is 6.54 Å². The van der Waals surface area contributed by atoms with Crippen molar-refractivity contribution in [1.29, 1.82) is 0 Å². The molecule has 0 saturated carbocycles. The molecule has 0 aliphatic carbocycles. The Morgan fingerprint density at radius 2 is 1.72 bits per heavy atom. The third kappa shape index (κ3) is 5.07. The van der Waals surface area contributed by atoms with E-state index in [0.717, 1.165) is 21.8 Å². The third-order valence-electron chi connectivity index (χ3n) is 4.14. The van der Waals surface area contributed by atoms with E-state index in [0.29, 0.717) is 5.69 Å². The number of anilines is 1. The van der Waals surface area contributed by atoms with Crippen LogP contribution in [0.15, 0.2) is 76.4 Å². The first-order chi connectivity index (χ1) is 13.9. The van der Waals surface area contributed by atoms with E-state index in [1.807, 2.05) is 47.4 Å². The van der Waals surface area contributed by atoms with E-state index in [1.54, 1.807) is 12.1 Å². The highest BCUT2D eigenvalue weighted by molar-refractivity contribution is 5.98. The molecule has 1 atom stereocenters. The van der Waals surface area contributed by atoms with Crippen LogP contribution in [0.1, 0.15) is 6.92 Å². The molecule has 1 aromatic heterocycles. The van der Waals surface area contributed by atoms with E-state index in [1.165, 1.54) is 13.1 Å². The fourth-order valence-electron chi connectivity index (χ4n) is 2.69. The Balaban J connectivity index is 1.66. The summed E-state index contributed by atoms with van der Waals surface area (Å²) in [6.07, 6.45) is 0.105. The third-order valence-corrected chi connectivity index (χ3v) is 4.14. The molecule has 3 rings (SSSR count). The predicted octanol–water partition coefficient (Wildman–Crippen LogP) is 1.77. The van der Waals surface area contributed by atoms with Gasteiger partial charge in [-0.3, -0.25) is 23.9 Å². The molecule has 8 heteroatoms. The summed E-state index contributed by atoms with van der Waals surface area (Å²) >= 11 is 0. The summed E-state index contributed by atoms with van der Waals surface area (Å²) in [5.74, 6) is -1.28. The molecular weight excluding hydrogens is 374 g/mol. The molecule has 0 saturated heterocycles. The predicted molar refractivity (Wildman–Crippen MR) is 107 cm³/mol. The van der Waals surface area contributed by atoms with Crippen LogP contribution < -0.4 is 16.6 Å². The topological polar surface area (TPSA) is 110 Å². The second-order valence-electron chi connectivity index (χ2n) is 6.27. The fraction of sp³-hybridized carbons (Fsp3) is 0.143. The Morgan fingerprint density at radius 3 is 2.45 bits per heavy atom. The van der Waals surface area contributed by atoms with Gasteiger partial charge < -0.3 is 10.1 Å². The summed E-state index contributed by atoms with van der Waals surface area (Å²) < 4.78 is 6.10. The molecule has 2 aromatic carbocycles. The van der Waals surface area contributed by atoms with Crippen LogP contribution in [0.3, 0.4) is 0 Å². The SMILES string of the molecule is C[C@@H](OC(=O)Cn1ccc(=O)[nH]c1=O)C(=O)Nc1ccccc1-c1ccccc1. The van der Waals surface area contributed by atoms with Gasteiger partial charge >= 0.3 is 11.7 Å². The number of carbonyl (C=O) groups is 2. The number of aromatic nitrogens is 2. The number of nitrogens with one attached hydrogen (secondary N) is 2. The van der Waals surface area contributed by atoms with Gasteiger partial charge in [-0.15, -0.1) is 0 Å². The Morgan fingerprint density at radius 1 is 1.03 bits per heavy atom. The number of rotatable bonds is 6. The van der Waals surface area contributed by atoms with Crippen molar-refractivity contribution >= 4 is 17.6 Å². The molecule has 0 spiro atoms. The minimum atomic E-state index is -1.08. The monoisotopic (exact) mass is 393 g/mol. The Labute approximate surface area is 165 Å². The molecule has 29 heavy (non-hydrogen) atoms. The first-order valence-corrected chi connectivity index (χ1v) is 8.88. The van der Waals surface area contributed by atoms with E-state index < -0.39 is 35.8 Å². The van der Waals surface area contributed by atoms with E-state index in [9.17, 15) is 19.2 Å². The number of hydrogen-bond donors (Lipinski definition) is 2. The van der Waals surface area contributed by atoms with Gasteiger partial charge in [-0.05, 0) is 18.6 Å². The molecule has 1 heterocycles. The summed E-state index contributed by atoms with van der Waals surface area (Å²) in [5.41, 5.74) is 1.06. The molecule has 0 unspecified atom stereocenters. The highest BCUT2D eigenvalue weighted by Gasteiger charge is 2.19. The van der Waals surface area contributed by atoms with Crippen molar-refractivity contribution < 1.29 is 14.3 Å². The molecule has 0 bridgehead atoms. The lowest BCUT2D eigenvalue weighted by molar-refractivity contribution is -0.153. The zero-order valence-electron chi connectivity index (χ0n) is 15.6. The fourth-order valence-corrected chi connectivity index (χ4v) is 2.69. The van der Waals surface area contributed by atoms with Crippen molar-refractivity contribution in [3.8, 4) is 11.1 Å². The molecule has 0 fully saturated rings. The number of esters is 1. The van der Waals surface area contributed by atoms with Crippen LogP contribution in [0, 0.1) is 0 Å². The number of hydrogen-bond acceptors (Lipinski definition) is 5. The van der Waals surface area contributed by atoms with Gasteiger partial charge in [0, 0.05) is 23.5 Å². The maximum atomic E-state index is 12.5. The van der Waals surface area contributed by atoms with Crippen molar-refractivity contribution in [3.63, 3.8) is 0 Å². The highest BCUT2D eigenvalue weighted by atomic mass is 16.5. The van der Waals surface area contributed by atoms with Crippen LogP contribution in [-0.2, 0) is 20.9 Å². The molecule has 0 aliphatic heterocycles. The van der Waals surface area contributed by atoms with Crippen molar-refractivity contribution in [1.82, 2.24) is 9.55 Å². The van der Waals surface area contributed by atoms with Gasteiger partial charge in [-0.2, -0.15) is 0 Å². The summed E-state index contributed by atoms with van der Waals surface area (Å²) in [7, 11) is 0. The molecule has 2 N–H and O–H groups in total. The minimum Gasteiger partial charge on any atom is -0.451 e. The van der Waals surface area contributed by atoms with Gasteiger partial charge in [0.15, 0.2) is 6.10 Å². The quantitative estimate of drug-likeness (QED) is 0.620. The molecule has 0 radical (unpaired) electrons. The molecule has 8 nitrogen and oxygen atoms in total. The summed E-state index contributed by atoms with van der Waals surface area (Å²) in [6.45, 7) is 1.02. The van der Waals surface area contributed by atoms with Gasteiger partial charge in [0.05, 0.1) is 0 Å². The lowest BCUT2D eigenvalue weighted by atomic mass is 10.0. The van der Waals surface area contributed by atoms with Gasteiger partial charge in [-0.25, -0.2) is 4.79 Å². The maximum absolute atomic E-state index is 12.5. The van der Waals surface area contributed by atoms with E-state index in [-0.39, 0.29) is 0 Å². The number of carbonyl (C=O) groups excluding carboxylic acids is 2. The zero-order valence-corrected chi connectivity index (χ0v) is 15.6. The Bertz CT molecular complexity index is 1130. The van der Waals surface area contributed by atoms with Crippen LogP contribution in [0.25, 0.3) is 11.1 Å². The molecule has 148 valence electrons. The largest absolute Gasteiger partial charge is 0.451 e. The number of ether oxygens (including phenoxy) is 1. The number of aromatic amines is 1. The molecule has 0 aliphatic rings. The number of para-hydroxylation sites is 1. The first-order valence-electron chi connectivity index (χ1n) is 8.88. The lowest BCUT2D eigenvalue weighted by Gasteiger charge is -2.16. The van der Waals surface area contributed by atoms with Crippen molar-refractivity contribution in [2.45, 2.75) is 19.6 Å². The van der Waals surface area contributed by atoms with Crippen LogP contribution in [0.4, 0.5) is 5.69 Å². The zero-order chi connectivity index (χ0) is 20.8. The second kappa shape index (κ2) is 8.83. The van der Waals surface area contributed by atoms with E-state index in [2.05, 4.69) is 5.32 Å². The molecular formula is C21H19N3O5. The van der Waals surface area contributed by atoms with Crippen molar-refractivity contribution in [2.75, 3.05) is 5.32 Å². The summed E-state index contributed by atoms with van der Waals surface area (Å²) in [6, 6.07) is 18.0. The number of nitrogens with zero attached hydrogens (tertiary/aromatic N) is 1. The summed E-state index contributed by atoms with van der Waals surface area (Å²) in [5, 5.41) is 2.76. The van der Waals surface area contributed by atoms with Gasteiger partial charge in [-0.1, -0.05) is 48.5 Å². The lowest BCUT2D eigenvalue weighted by Crippen LogP contribution is -2.35.